The largest absolute Gasteiger partial charge is 0.493 e. The number of amides is 2. The summed E-state index contributed by atoms with van der Waals surface area (Å²) in [6, 6.07) is 11.7. The summed E-state index contributed by atoms with van der Waals surface area (Å²) in [4.78, 5) is 24.8. The summed E-state index contributed by atoms with van der Waals surface area (Å²) in [5.41, 5.74) is 1.28. The van der Waals surface area contributed by atoms with Crippen LogP contribution < -0.4 is 20.1 Å². The minimum absolute atomic E-state index is 0.0228. The number of nitrogens with one attached hydrogen (secondary N) is 3. The number of hydrogen-bond acceptors (Lipinski definition) is 7. The van der Waals surface area contributed by atoms with Gasteiger partial charge >= 0.3 is 0 Å². The van der Waals surface area contributed by atoms with Gasteiger partial charge in [-0.15, -0.1) is 11.5 Å². The molecule has 0 fully saturated rings. The van der Waals surface area contributed by atoms with Crippen LogP contribution in [0.15, 0.2) is 48.5 Å². The van der Waals surface area contributed by atoms with Gasteiger partial charge in [-0.05, 0) is 41.1 Å². The number of rotatable bonds is 8. The number of carbonyl (C=O) groups excluding carboxylic acids is 2. The van der Waals surface area contributed by atoms with Crippen molar-refractivity contribution in [1.82, 2.24) is 20.6 Å². The van der Waals surface area contributed by atoms with E-state index in [9.17, 15) is 9.59 Å². The zero-order valence-electron chi connectivity index (χ0n) is 16.5. The molecule has 10 nitrogen and oxygen atoms in total. The lowest BCUT2D eigenvalue weighted by Gasteiger charge is -2.10. The molecule has 1 aromatic heterocycles. The quantitative estimate of drug-likeness (QED) is 0.377. The van der Waals surface area contributed by atoms with Crippen LogP contribution in [0.25, 0.3) is 6.08 Å². The minimum Gasteiger partial charge on any atom is -0.493 e. The summed E-state index contributed by atoms with van der Waals surface area (Å²) in [5, 5.41) is 18.1. The molecule has 2 amide bonds. The third kappa shape index (κ3) is 5.68. The number of para-hydroxylation sites is 1. The second kappa shape index (κ2) is 10.2. The van der Waals surface area contributed by atoms with Crippen molar-refractivity contribution in [1.29, 1.82) is 0 Å². The van der Waals surface area contributed by atoms with Gasteiger partial charge in [0.2, 0.25) is 5.91 Å². The standard InChI is InChI=1S/C21H18N6O4/c1-3-12-31-17-10-8-14(13-18(17)30-2)9-11-19(28)22-16-7-5-4-6-15(16)20(29)23-21-24-26-27-25-21/h1,4-11,13H,12H2,2H3,(H,22,28)(H2,23,24,25,26,27,29)/b11-9+. The number of terminal acetylenes is 1. The van der Waals surface area contributed by atoms with Gasteiger partial charge < -0.3 is 14.8 Å². The number of methoxy groups -OCH3 is 1. The van der Waals surface area contributed by atoms with Crippen LogP contribution >= 0.6 is 0 Å². The molecule has 156 valence electrons. The van der Waals surface area contributed by atoms with Gasteiger partial charge in [0.15, 0.2) is 11.5 Å². The Bertz CT molecular complexity index is 1140. The number of H-pyrrole nitrogens is 1. The first-order chi connectivity index (χ1) is 15.1. The van der Waals surface area contributed by atoms with E-state index >= 15 is 0 Å². The molecule has 31 heavy (non-hydrogen) atoms. The van der Waals surface area contributed by atoms with Crippen LogP contribution in [-0.4, -0.2) is 46.2 Å². The third-order valence-electron chi connectivity index (χ3n) is 3.93. The van der Waals surface area contributed by atoms with Crippen LogP contribution in [0.1, 0.15) is 15.9 Å². The maximum absolute atomic E-state index is 12.4. The van der Waals surface area contributed by atoms with Gasteiger partial charge in [0.25, 0.3) is 11.9 Å². The van der Waals surface area contributed by atoms with Crippen molar-refractivity contribution < 1.29 is 19.1 Å². The molecule has 0 aliphatic carbocycles. The highest BCUT2D eigenvalue weighted by molar-refractivity contribution is 6.11. The van der Waals surface area contributed by atoms with E-state index in [1.807, 2.05) is 0 Å². The summed E-state index contributed by atoms with van der Waals surface area (Å²) in [6.45, 7) is 0.119. The number of ether oxygens (including phenoxy) is 2. The number of hydrogen-bond donors (Lipinski definition) is 3. The normalized spacial score (nSPS) is 10.3. The molecule has 0 atom stereocenters. The van der Waals surface area contributed by atoms with Crippen molar-refractivity contribution in [2.45, 2.75) is 0 Å². The Balaban J connectivity index is 1.69. The molecule has 0 saturated carbocycles. The van der Waals surface area contributed by atoms with Crippen molar-refractivity contribution in [3.8, 4) is 23.8 Å². The van der Waals surface area contributed by atoms with Crippen LogP contribution in [-0.2, 0) is 4.79 Å². The summed E-state index contributed by atoms with van der Waals surface area (Å²) >= 11 is 0. The fourth-order valence-corrected chi connectivity index (χ4v) is 2.55. The van der Waals surface area contributed by atoms with Crippen molar-refractivity contribution in [3.63, 3.8) is 0 Å². The van der Waals surface area contributed by atoms with Gasteiger partial charge in [-0.1, -0.05) is 29.2 Å². The molecule has 0 spiro atoms. The summed E-state index contributed by atoms with van der Waals surface area (Å²) < 4.78 is 10.7. The Morgan fingerprint density at radius 3 is 2.77 bits per heavy atom. The molecule has 10 heteroatoms. The average molecular weight is 418 g/mol. The SMILES string of the molecule is C#CCOc1ccc(/C=C/C(=O)Nc2ccccc2C(=O)Nc2nn[nH]n2)cc1OC. The van der Waals surface area contributed by atoms with Gasteiger partial charge in [-0.25, -0.2) is 0 Å². The zero-order chi connectivity index (χ0) is 22.1. The van der Waals surface area contributed by atoms with Gasteiger partial charge in [0, 0.05) is 6.08 Å². The van der Waals surface area contributed by atoms with E-state index in [-0.39, 0.29) is 18.1 Å². The molecule has 3 N–H and O–H groups in total. The predicted molar refractivity (Wildman–Crippen MR) is 114 cm³/mol. The van der Waals surface area contributed by atoms with E-state index in [2.05, 4.69) is 37.2 Å². The molecule has 0 aliphatic heterocycles. The minimum atomic E-state index is -0.492. The van der Waals surface area contributed by atoms with E-state index < -0.39 is 11.8 Å². The van der Waals surface area contributed by atoms with Crippen molar-refractivity contribution in [3.05, 3.63) is 59.7 Å². The van der Waals surface area contributed by atoms with Crippen LogP contribution in [0.3, 0.4) is 0 Å². The third-order valence-corrected chi connectivity index (χ3v) is 3.93. The zero-order valence-corrected chi connectivity index (χ0v) is 16.5. The maximum atomic E-state index is 12.4. The van der Waals surface area contributed by atoms with Crippen molar-refractivity contribution in [2.75, 3.05) is 24.4 Å². The highest BCUT2D eigenvalue weighted by Gasteiger charge is 2.14. The second-order valence-electron chi connectivity index (χ2n) is 5.96. The van der Waals surface area contributed by atoms with Gasteiger partial charge in [0.1, 0.15) is 6.61 Å². The topological polar surface area (TPSA) is 131 Å². The molecule has 0 aliphatic rings. The highest BCUT2D eigenvalue weighted by Crippen LogP contribution is 2.28. The molecule has 2 aromatic carbocycles. The molecule has 3 rings (SSSR count). The van der Waals surface area contributed by atoms with Gasteiger partial charge in [-0.2, -0.15) is 5.21 Å². The first-order valence-corrected chi connectivity index (χ1v) is 8.98. The number of aromatic amines is 1. The fourth-order valence-electron chi connectivity index (χ4n) is 2.55. The number of benzene rings is 2. The Morgan fingerprint density at radius 1 is 1.19 bits per heavy atom. The number of carbonyl (C=O) groups is 2. The van der Waals surface area contributed by atoms with E-state index in [1.54, 1.807) is 48.5 Å². The van der Waals surface area contributed by atoms with Gasteiger partial charge in [-0.3, -0.25) is 14.9 Å². The lowest BCUT2D eigenvalue weighted by molar-refractivity contribution is -0.111. The van der Waals surface area contributed by atoms with E-state index in [0.717, 1.165) is 0 Å². The molecule has 0 bridgehead atoms. The fraction of sp³-hybridized carbons (Fsp3) is 0.0952. The molecule has 0 saturated heterocycles. The lowest BCUT2D eigenvalue weighted by Crippen LogP contribution is -2.17. The highest BCUT2D eigenvalue weighted by atomic mass is 16.5. The first kappa shape index (κ1) is 21.1. The van der Waals surface area contributed by atoms with Crippen LogP contribution in [0.4, 0.5) is 11.6 Å². The maximum Gasteiger partial charge on any atom is 0.270 e. The Morgan fingerprint density at radius 2 is 2.03 bits per heavy atom. The molecule has 0 radical (unpaired) electrons. The Hall–Kier alpha value is -4.65. The van der Waals surface area contributed by atoms with Crippen LogP contribution in [0, 0.1) is 12.3 Å². The molecular formula is C21H18N6O4. The average Bonchev–Trinajstić information content (AvgIpc) is 3.29. The molecule has 1 heterocycles. The summed E-state index contributed by atoms with van der Waals surface area (Å²) in [5.74, 6) is 2.48. The van der Waals surface area contributed by atoms with Crippen molar-refractivity contribution in [2.24, 2.45) is 0 Å². The molecule has 0 unspecified atom stereocenters. The predicted octanol–water partition coefficient (Wildman–Crippen LogP) is 2.12. The molecule has 3 aromatic rings. The van der Waals surface area contributed by atoms with Gasteiger partial charge in [0.05, 0.1) is 18.4 Å². The smallest absolute Gasteiger partial charge is 0.270 e. The van der Waals surface area contributed by atoms with E-state index in [0.29, 0.717) is 22.7 Å². The first-order valence-electron chi connectivity index (χ1n) is 8.98. The number of anilines is 2. The lowest BCUT2D eigenvalue weighted by atomic mass is 10.1. The number of tetrazole rings is 1. The van der Waals surface area contributed by atoms with E-state index in [1.165, 1.54) is 13.2 Å². The summed E-state index contributed by atoms with van der Waals surface area (Å²) in [6.07, 6.45) is 8.14. The van der Waals surface area contributed by atoms with Crippen LogP contribution in [0.5, 0.6) is 11.5 Å². The monoisotopic (exact) mass is 418 g/mol. The number of nitrogens with zero attached hydrogens (tertiary/aromatic N) is 3. The summed E-state index contributed by atoms with van der Waals surface area (Å²) in [7, 11) is 1.51. The second-order valence-corrected chi connectivity index (χ2v) is 5.96. The molecular weight excluding hydrogens is 400 g/mol. The van der Waals surface area contributed by atoms with E-state index in [4.69, 9.17) is 15.9 Å². The number of aromatic nitrogens is 4. The van der Waals surface area contributed by atoms with Crippen molar-refractivity contribution >= 4 is 29.5 Å². The Kier molecular flexibility index (Phi) is 6.95. The Labute approximate surface area is 177 Å². The van der Waals surface area contributed by atoms with Crippen LogP contribution in [0.2, 0.25) is 0 Å².